The second-order valence-electron chi connectivity index (χ2n) is 6.46. The summed E-state index contributed by atoms with van der Waals surface area (Å²) < 4.78 is 13.9. The summed E-state index contributed by atoms with van der Waals surface area (Å²) >= 11 is 0. The molecule has 1 fully saturated rings. The normalized spacial score (nSPS) is 15.5. The third-order valence-electron chi connectivity index (χ3n) is 4.61. The smallest absolute Gasteiger partial charge is 0.177 e. The number of carbonyl (C=O) groups excluding carboxylic acids is 1. The fourth-order valence-electron chi connectivity index (χ4n) is 3.27. The van der Waals surface area contributed by atoms with Crippen molar-refractivity contribution < 1.29 is 9.18 Å². The average molecular weight is 326 g/mol. The summed E-state index contributed by atoms with van der Waals surface area (Å²) in [5.74, 6) is -0.0239. The molecule has 0 unspecified atom stereocenters. The molecular weight excluding hydrogens is 303 g/mol. The van der Waals surface area contributed by atoms with Gasteiger partial charge in [-0.3, -0.25) is 9.69 Å². The molecule has 4 heteroatoms. The lowest BCUT2D eigenvalue weighted by atomic mass is 10.0. The third-order valence-corrected chi connectivity index (χ3v) is 4.61. The zero-order chi connectivity index (χ0) is 17.1. The van der Waals surface area contributed by atoms with Gasteiger partial charge in [0.15, 0.2) is 5.78 Å². The quantitative estimate of drug-likeness (QED) is 0.804. The SMILES string of the molecule is Cc1ccc(C(=O)CN2CCN(c3ccccc3F)CC2)c(C)c1. The molecular formula is C20H23FN2O. The Balaban J connectivity index is 1.59. The van der Waals surface area contributed by atoms with Crippen molar-refractivity contribution in [2.45, 2.75) is 13.8 Å². The van der Waals surface area contributed by atoms with E-state index in [1.54, 1.807) is 6.07 Å². The number of ketones is 1. The summed E-state index contributed by atoms with van der Waals surface area (Å²) in [6.45, 7) is 7.45. The van der Waals surface area contributed by atoms with E-state index < -0.39 is 0 Å². The van der Waals surface area contributed by atoms with Crippen molar-refractivity contribution in [1.82, 2.24) is 4.90 Å². The highest BCUT2D eigenvalue weighted by Gasteiger charge is 2.21. The molecule has 1 aliphatic rings. The summed E-state index contributed by atoms with van der Waals surface area (Å²) in [7, 11) is 0. The molecule has 2 aromatic carbocycles. The molecule has 1 heterocycles. The van der Waals surface area contributed by atoms with Crippen LogP contribution in [0.25, 0.3) is 0 Å². The fraction of sp³-hybridized carbons (Fsp3) is 0.350. The molecule has 3 nitrogen and oxygen atoms in total. The van der Waals surface area contributed by atoms with Gasteiger partial charge < -0.3 is 4.90 Å². The van der Waals surface area contributed by atoms with Crippen LogP contribution in [-0.4, -0.2) is 43.4 Å². The van der Waals surface area contributed by atoms with Crippen LogP contribution in [0.5, 0.6) is 0 Å². The number of hydrogen-bond donors (Lipinski definition) is 0. The Labute approximate surface area is 142 Å². The van der Waals surface area contributed by atoms with Crippen molar-refractivity contribution in [2.24, 2.45) is 0 Å². The fourth-order valence-corrected chi connectivity index (χ4v) is 3.27. The number of benzene rings is 2. The Morgan fingerprint density at radius 1 is 1.04 bits per heavy atom. The first-order chi connectivity index (χ1) is 11.5. The molecule has 1 saturated heterocycles. The van der Waals surface area contributed by atoms with E-state index in [2.05, 4.69) is 4.90 Å². The van der Waals surface area contributed by atoms with Crippen LogP contribution in [0.2, 0.25) is 0 Å². The molecule has 126 valence electrons. The molecule has 0 N–H and O–H groups in total. The largest absolute Gasteiger partial charge is 0.367 e. The average Bonchev–Trinajstić information content (AvgIpc) is 2.56. The molecule has 0 saturated carbocycles. The molecule has 24 heavy (non-hydrogen) atoms. The third kappa shape index (κ3) is 3.65. The predicted molar refractivity (Wildman–Crippen MR) is 95.3 cm³/mol. The van der Waals surface area contributed by atoms with Crippen LogP contribution in [0.4, 0.5) is 10.1 Å². The van der Waals surface area contributed by atoms with E-state index in [1.165, 1.54) is 11.6 Å². The van der Waals surface area contributed by atoms with E-state index in [0.29, 0.717) is 12.2 Å². The minimum absolute atomic E-state index is 0.159. The maximum Gasteiger partial charge on any atom is 0.177 e. The summed E-state index contributed by atoms with van der Waals surface area (Å²) in [6.07, 6.45) is 0. The number of hydrogen-bond acceptors (Lipinski definition) is 3. The zero-order valence-electron chi connectivity index (χ0n) is 14.3. The van der Waals surface area contributed by atoms with Gasteiger partial charge in [-0.2, -0.15) is 0 Å². The molecule has 0 bridgehead atoms. The lowest BCUT2D eigenvalue weighted by Crippen LogP contribution is -2.48. The van der Waals surface area contributed by atoms with Crippen molar-refractivity contribution in [1.29, 1.82) is 0 Å². The standard InChI is InChI=1S/C20H23FN2O/c1-15-7-8-17(16(2)13-15)20(24)14-22-9-11-23(12-10-22)19-6-4-3-5-18(19)21/h3-8,13H,9-12,14H2,1-2H3. The van der Waals surface area contributed by atoms with Crippen LogP contribution < -0.4 is 4.90 Å². The molecule has 0 amide bonds. The summed E-state index contributed by atoms with van der Waals surface area (Å²) in [5, 5.41) is 0. The minimum Gasteiger partial charge on any atom is -0.367 e. The van der Waals surface area contributed by atoms with Gasteiger partial charge in [-0.05, 0) is 31.5 Å². The van der Waals surface area contributed by atoms with Crippen LogP contribution in [0.3, 0.4) is 0 Å². The van der Waals surface area contributed by atoms with Crippen molar-refractivity contribution in [3.8, 4) is 0 Å². The Bertz CT molecular complexity index is 736. The molecule has 2 aromatic rings. The second kappa shape index (κ2) is 7.14. The van der Waals surface area contributed by atoms with Crippen molar-refractivity contribution >= 4 is 11.5 Å². The van der Waals surface area contributed by atoms with Gasteiger partial charge in [0.05, 0.1) is 12.2 Å². The summed E-state index contributed by atoms with van der Waals surface area (Å²) in [5.41, 5.74) is 3.66. The Morgan fingerprint density at radius 3 is 2.42 bits per heavy atom. The highest BCUT2D eigenvalue weighted by molar-refractivity contribution is 5.99. The minimum atomic E-state index is -0.183. The van der Waals surface area contributed by atoms with Gasteiger partial charge in [-0.15, -0.1) is 0 Å². The number of Topliss-reactive ketones (excluding diaryl/α,β-unsaturated/α-hetero) is 1. The Morgan fingerprint density at radius 2 is 1.75 bits per heavy atom. The van der Waals surface area contributed by atoms with Crippen LogP contribution in [-0.2, 0) is 0 Å². The molecule has 3 rings (SSSR count). The number of anilines is 1. The van der Waals surface area contributed by atoms with E-state index >= 15 is 0 Å². The maximum atomic E-state index is 13.9. The number of rotatable bonds is 4. The number of halogens is 1. The second-order valence-corrected chi connectivity index (χ2v) is 6.46. The van der Waals surface area contributed by atoms with Crippen LogP contribution >= 0.6 is 0 Å². The van der Waals surface area contributed by atoms with Crippen LogP contribution in [0.1, 0.15) is 21.5 Å². The lowest BCUT2D eigenvalue weighted by Gasteiger charge is -2.35. The van der Waals surface area contributed by atoms with E-state index in [1.807, 2.05) is 49.1 Å². The number of carbonyl (C=O) groups is 1. The highest BCUT2D eigenvalue weighted by atomic mass is 19.1. The number of para-hydroxylation sites is 1. The van der Waals surface area contributed by atoms with Gasteiger partial charge in [0.2, 0.25) is 0 Å². The Kier molecular flexibility index (Phi) is 4.95. The van der Waals surface area contributed by atoms with Crippen molar-refractivity contribution in [3.05, 3.63) is 65.0 Å². The van der Waals surface area contributed by atoms with E-state index in [9.17, 15) is 9.18 Å². The van der Waals surface area contributed by atoms with E-state index in [0.717, 1.165) is 37.3 Å². The topological polar surface area (TPSA) is 23.6 Å². The monoisotopic (exact) mass is 326 g/mol. The van der Waals surface area contributed by atoms with Crippen LogP contribution in [0, 0.1) is 19.7 Å². The van der Waals surface area contributed by atoms with Gasteiger partial charge in [0.25, 0.3) is 0 Å². The van der Waals surface area contributed by atoms with Gasteiger partial charge in [-0.25, -0.2) is 4.39 Å². The molecule has 0 radical (unpaired) electrons. The van der Waals surface area contributed by atoms with Crippen molar-refractivity contribution in [3.63, 3.8) is 0 Å². The maximum absolute atomic E-state index is 13.9. The molecule has 0 spiro atoms. The highest BCUT2D eigenvalue weighted by Crippen LogP contribution is 2.20. The number of piperazine rings is 1. The van der Waals surface area contributed by atoms with Gasteiger partial charge in [0, 0.05) is 31.7 Å². The first-order valence-electron chi connectivity index (χ1n) is 8.37. The summed E-state index contributed by atoms with van der Waals surface area (Å²) in [6, 6.07) is 12.8. The predicted octanol–water partition coefficient (Wildman–Crippen LogP) is 3.45. The van der Waals surface area contributed by atoms with Crippen LogP contribution in [0.15, 0.2) is 42.5 Å². The summed E-state index contributed by atoms with van der Waals surface area (Å²) in [4.78, 5) is 16.7. The van der Waals surface area contributed by atoms with Gasteiger partial charge in [0.1, 0.15) is 5.82 Å². The molecule has 0 aromatic heterocycles. The zero-order valence-corrected chi connectivity index (χ0v) is 14.3. The first-order valence-corrected chi connectivity index (χ1v) is 8.37. The number of aryl methyl sites for hydroxylation is 2. The molecule has 0 aliphatic carbocycles. The Hall–Kier alpha value is -2.20. The number of nitrogens with zero attached hydrogens (tertiary/aromatic N) is 2. The van der Waals surface area contributed by atoms with Gasteiger partial charge in [-0.1, -0.05) is 35.9 Å². The van der Waals surface area contributed by atoms with Gasteiger partial charge >= 0.3 is 0 Å². The molecule has 1 aliphatic heterocycles. The molecule has 0 atom stereocenters. The van der Waals surface area contributed by atoms with E-state index in [4.69, 9.17) is 0 Å². The van der Waals surface area contributed by atoms with E-state index in [-0.39, 0.29) is 11.6 Å². The first kappa shape index (κ1) is 16.7. The lowest BCUT2D eigenvalue weighted by molar-refractivity contribution is 0.0925. The van der Waals surface area contributed by atoms with Crippen molar-refractivity contribution in [2.75, 3.05) is 37.6 Å².